The Kier molecular flexibility index (Phi) is 5.42. The van der Waals surface area contributed by atoms with Gasteiger partial charge in [-0.2, -0.15) is 0 Å². The van der Waals surface area contributed by atoms with Crippen molar-refractivity contribution in [2.45, 2.75) is 84.3 Å². The van der Waals surface area contributed by atoms with Crippen LogP contribution in [0.3, 0.4) is 0 Å². The van der Waals surface area contributed by atoms with Crippen LogP contribution in [-0.2, 0) is 9.59 Å². The van der Waals surface area contributed by atoms with Crippen LogP contribution in [-0.4, -0.2) is 34.8 Å². The van der Waals surface area contributed by atoms with E-state index in [4.69, 9.17) is 0 Å². The monoisotopic (exact) mass is 294 g/mol. The lowest BCUT2D eigenvalue weighted by molar-refractivity contribution is -0.141. The van der Waals surface area contributed by atoms with Crippen LogP contribution in [0.4, 0.5) is 0 Å². The van der Waals surface area contributed by atoms with Gasteiger partial charge >= 0.3 is 0 Å². The first-order valence-corrected chi connectivity index (χ1v) is 8.59. The number of carbonyl (C=O) groups excluding carboxylic acids is 2. The maximum atomic E-state index is 12.5. The normalized spacial score (nSPS) is 34.0. The molecule has 1 N–H and O–H groups in total. The van der Waals surface area contributed by atoms with E-state index in [1.54, 1.807) is 0 Å². The largest absolute Gasteiger partial charge is 0.303 e. The first-order valence-electron chi connectivity index (χ1n) is 8.59. The summed E-state index contributed by atoms with van der Waals surface area (Å²) >= 11 is 0. The summed E-state index contributed by atoms with van der Waals surface area (Å²) in [5.74, 6) is 1.46. The predicted octanol–water partition coefficient (Wildman–Crippen LogP) is 2.72. The zero-order valence-corrected chi connectivity index (χ0v) is 13.9. The number of nitrogens with zero attached hydrogens (tertiary/aromatic N) is 1. The highest BCUT2D eigenvalue weighted by molar-refractivity contribution is 6.05. The van der Waals surface area contributed by atoms with E-state index in [9.17, 15) is 9.59 Å². The molecule has 2 aliphatic rings. The van der Waals surface area contributed by atoms with Gasteiger partial charge in [0.05, 0.1) is 12.5 Å². The van der Waals surface area contributed by atoms with Gasteiger partial charge in [0.25, 0.3) is 0 Å². The summed E-state index contributed by atoms with van der Waals surface area (Å²) in [6, 6.07) is 0.172. The van der Waals surface area contributed by atoms with Crippen molar-refractivity contribution in [3.63, 3.8) is 0 Å². The zero-order chi connectivity index (χ0) is 15.6. The molecule has 4 nitrogen and oxygen atoms in total. The fourth-order valence-electron chi connectivity index (χ4n) is 3.80. The van der Waals surface area contributed by atoms with E-state index in [1.165, 1.54) is 11.3 Å². The van der Waals surface area contributed by atoms with Crippen LogP contribution in [0.15, 0.2) is 0 Å². The van der Waals surface area contributed by atoms with Crippen LogP contribution in [0.25, 0.3) is 0 Å². The quantitative estimate of drug-likeness (QED) is 0.793. The van der Waals surface area contributed by atoms with E-state index in [0.717, 1.165) is 31.6 Å². The highest BCUT2D eigenvalue weighted by Gasteiger charge is 2.42. The van der Waals surface area contributed by atoms with Gasteiger partial charge in [0.15, 0.2) is 0 Å². The van der Waals surface area contributed by atoms with Crippen molar-refractivity contribution >= 4 is 11.8 Å². The van der Waals surface area contributed by atoms with E-state index in [1.807, 2.05) is 13.8 Å². The lowest BCUT2D eigenvalue weighted by Crippen LogP contribution is -2.48. The number of likely N-dealkylation sites (tertiary alicyclic amines) is 1. The van der Waals surface area contributed by atoms with Gasteiger partial charge in [-0.05, 0) is 43.9 Å². The molecule has 2 fully saturated rings. The molecule has 1 saturated carbocycles. The summed E-state index contributed by atoms with van der Waals surface area (Å²) in [6.45, 7) is 8.68. The third-order valence-electron chi connectivity index (χ3n) is 5.53. The number of nitrogens with one attached hydrogen (secondary N) is 1. The molecule has 0 aromatic rings. The Hall–Kier alpha value is -0.900. The van der Waals surface area contributed by atoms with E-state index in [0.29, 0.717) is 18.4 Å². The molecule has 1 aliphatic heterocycles. The lowest BCUT2D eigenvalue weighted by Gasteiger charge is -2.34. The smallest absolute Gasteiger partial charge is 0.247 e. The second-order valence-electron chi connectivity index (χ2n) is 6.96. The van der Waals surface area contributed by atoms with E-state index in [-0.39, 0.29) is 23.9 Å². The number of imide groups is 1. The third kappa shape index (κ3) is 3.47. The minimum Gasteiger partial charge on any atom is -0.303 e. The summed E-state index contributed by atoms with van der Waals surface area (Å²) in [5.41, 5.74) is 0. The van der Waals surface area contributed by atoms with Gasteiger partial charge in [-0.1, -0.05) is 27.7 Å². The highest BCUT2D eigenvalue weighted by atomic mass is 16.2. The molecular weight excluding hydrogens is 264 g/mol. The maximum Gasteiger partial charge on any atom is 0.247 e. The molecule has 4 atom stereocenters. The molecule has 2 rings (SSSR count). The van der Waals surface area contributed by atoms with Crippen LogP contribution in [0.1, 0.15) is 66.2 Å². The van der Waals surface area contributed by atoms with Crippen molar-refractivity contribution in [3.8, 4) is 0 Å². The van der Waals surface area contributed by atoms with Crippen LogP contribution < -0.4 is 5.32 Å². The van der Waals surface area contributed by atoms with Gasteiger partial charge < -0.3 is 5.32 Å². The van der Waals surface area contributed by atoms with Gasteiger partial charge in [-0.15, -0.1) is 0 Å². The molecule has 0 bridgehead atoms. The Labute approximate surface area is 128 Å². The predicted molar refractivity (Wildman–Crippen MR) is 83.7 cm³/mol. The van der Waals surface area contributed by atoms with Crippen LogP contribution >= 0.6 is 0 Å². The number of carbonyl (C=O) groups is 2. The first kappa shape index (κ1) is 16.5. The summed E-state index contributed by atoms with van der Waals surface area (Å²) in [7, 11) is 0. The topological polar surface area (TPSA) is 49.4 Å². The van der Waals surface area contributed by atoms with Crippen LogP contribution in [0.2, 0.25) is 0 Å². The fraction of sp³-hybridized carbons (Fsp3) is 0.882. The van der Waals surface area contributed by atoms with E-state index >= 15 is 0 Å². The van der Waals surface area contributed by atoms with Crippen molar-refractivity contribution in [2.24, 2.45) is 11.8 Å². The Morgan fingerprint density at radius 1 is 1.14 bits per heavy atom. The molecule has 0 aromatic carbocycles. The van der Waals surface area contributed by atoms with E-state index in [2.05, 4.69) is 19.2 Å². The molecule has 120 valence electrons. The number of hydrogen-bond donors (Lipinski definition) is 1. The number of hydrogen-bond acceptors (Lipinski definition) is 3. The molecule has 0 radical (unpaired) electrons. The summed E-state index contributed by atoms with van der Waals surface area (Å²) in [4.78, 5) is 26.2. The Balaban J connectivity index is 1.96. The number of amides is 2. The third-order valence-corrected chi connectivity index (χ3v) is 5.53. The second-order valence-corrected chi connectivity index (χ2v) is 6.96. The highest BCUT2D eigenvalue weighted by Crippen LogP contribution is 2.30. The summed E-state index contributed by atoms with van der Waals surface area (Å²) in [6.07, 6.45) is 5.48. The average Bonchev–Trinajstić information content (AvgIpc) is 2.72. The van der Waals surface area contributed by atoms with Gasteiger partial charge in [-0.3, -0.25) is 14.5 Å². The lowest BCUT2D eigenvalue weighted by atomic mass is 9.79. The molecule has 1 heterocycles. The molecule has 0 spiro atoms. The number of rotatable bonds is 5. The van der Waals surface area contributed by atoms with Crippen molar-refractivity contribution in [2.75, 3.05) is 0 Å². The standard InChI is InChI=1S/C17H30N2O2/c1-5-14(6-2)19-16(20)10-15(17(19)21)18-13-8-7-11(3)12(4)9-13/h11-15,18H,5-10H2,1-4H3. The van der Waals surface area contributed by atoms with Gasteiger partial charge in [0, 0.05) is 12.1 Å². The molecule has 2 amide bonds. The molecule has 1 aliphatic carbocycles. The van der Waals surface area contributed by atoms with Crippen LogP contribution in [0, 0.1) is 11.8 Å². The Morgan fingerprint density at radius 3 is 2.38 bits per heavy atom. The second kappa shape index (κ2) is 6.91. The van der Waals surface area contributed by atoms with Crippen molar-refractivity contribution < 1.29 is 9.59 Å². The molecule has 0 aromatic heterocycles. The van der Waals surface area contributed by atoms with Crippen molar-refractivity contribution in [1.82, 2.24) is 10.2 Å². The van der Waals surface area contributed by atoms with E-state index < -0.39 is 0 Å². The van der Waals surface area contributed by atoms with Crippen molar-refractivity contribution in [1.29, 1.82) is 0 Å². The first-order chi connectivity index (χ1) is 9.97. The SMILES string of the molecule is CCC(CC)N1C(=O)CC(NC2CCC(C)C(C)C2)C1=O. The summed E-state index contributed by atoms with van der Waals surface area (Å²) < 4.78 is 0. The van der Waals surface area contributed by atoms with Gasteiger partial charge in [0.2, 0.25) is 11.8 Å². The molecule has 21 heavy (non-hydrogen) atoms. The Bertz CT molecular complexity index is 392. The Morgan fingerprint density at radius 2 is 1.81 bits per heavy atom. The minimum atomic E-state index is -0.288. The van der Waals surface area contributed by atoms with Gasteiger partial charge in [0.1, 0.15) is 0 Å². The summed E-state index contributed by atoms with van der Waals surface area (Å²) in [5, 5.41) is 3.47. The average molecular weight is 294 g/mol. The zero-order valence-electron chi connectivity index (χ0n) is 13.9. The molecule has 1 saturated heterocycles. The molecular formula is C17H30N2O2. The van der Waals surface area contributed by atoms with Crippen LogP contribution in [0.5, 0.6) is 0 Å². The molecule has 4 heteroatoms. The fourth-order valence-corrected chi connectivity index (χ4v) is 3.80. The maximum absolute atomic E-state index is 12.5. The van der Waals surface area contributed by atoms with Gasteiger partial charge in [-0.25, -0.2) is 0 Å². The minimum absolute atomic E-state index is 0.0000231. The van der Waals surface area contributed by atoms with Crippen molar-refractivity contribution in [3.05, 3.63) is 0 Å². The molecule has 4 unspecified atom stereocenters.